The van der Waals surface area contributed by atoms with E-state index in [2.05, 4.69) is 4.99 Å². The summed E-state index contributed by atoms with van der Waals surface area (Å²) in [7, 11) is 2.78. The van der Waals surface area contributed by atoms with Crippen LogP contribution in [0.1, 0.15) is 24.1 Å². The van der Waals surface area contributed by atoms with E-state index in [0.29, 0.717) is 10.6 Å². The lowest BCUT2D eigenvalue weighted by molar-refractivity contribution is -0.385. The first kappa shape index (κ1) is 25.2. The van der Waals surface area contributed by atoms with Gasteiger partial charge in [0.05, 0.1) is 11.0 Å². The number of hydrogen-bond acceptors (Lipinski definition) is 8. The number of nitriles is 1. The van der Waals surface area contributed by atoms with Crippen LogP contribution in [0.4, 0.5) is 5.69 Å². The number of benzene rings is 2. The van der Waals surface area contributed by atoms with Crippen molar-refractivity contribution in [1.82, 2.24) is 4.90 Å². The number of halogens is 1. The monoisotopic (exact) mass is 489 g/mol. The minimum Gasteiger partial charge on any atom is -0.479 e. The molecule has 0 amide bonds. The molecule has 3 atom stereocenters. The fourth-order valence-electron chi connectivity index (χ4n) is 4.09. The van der Waals surface area contributed by atoms with E-state index >= 15 is 0 Å². The van der Waals surface area contributed by atoms with Crippen LogP contribution < -0.4 is 10.5 Å². The normalized spacial score (nSPS) is 22.0. The molecule has 1 heterocycles. The van der Waals surface area contributed by atoms with Gasteiger partial charge < -0.3 is 30.0 Å². The van der Waals surface area contributed by atoms with Crippen molar-refractivity contribution in [3.8, 4) is 11.9 Å². The first-order valence-corrected chi connectivity index (χ1v) is 10.5. The molecule has 180 valence electrons. The molecule has 2 aromatic carbocycles. The number of guanidine groups is 1. The molecule has 1 aliphatic heterocycles. The predicted octanol–water partition coefficient (Wildman–Crippen LogP) is 2.72. The second kappa shape index (κ2) is 10.2. The van der Waals surface area contributed by atoms with Crippen LogP contribution in [0.2, 0.25) is 5.02 Å². The molecule has 3 N–H and O–H groups in total. The van der Waals surface area contributed by atoms with E-state index in [0.717, 1.165) is 0 Å². The number of fused-ring (bicyclic) bond motifs is 1. The second-order valence-electron chi connectivity index (χ2n) is 7.75. The average Bonchev–Trinajstić information content (AvgIpc) is 2.80. The number of nitrogens with two attached hydrogens (primary N) is 1. The van der Waals surface area contributed by atoms with Crippen LogP contribution in [-0.4, -0.2) is 53.1 Å². The van der Waals surface area contributed by atoms with Gasteiger partial charge in [-0.1, -0.05) is 29.8 Å². The van der Waals surface area contributed by atoms with Gasteiger partial charge in [0.2, 0.25) is 12.2 Å². The molecule has 0 radical (unpaired) electrons. The van der Waals surface area contributed by atoms with Gasteiger partial charge in [-0.3, -0.25) is 10.1 Å². The number of methoxy groups -OCH3 is 2. The molecule has 3 rings (SSSR count). The number of aliphatic imine (C=N–C) groups is 1. The summed E-state index contributed by atoms with van der Waals surface area (Å²) in [6.45, 7) is 1.61. The number of aliphatic hydroxyl groups is 1. The number of hydrogen-bond donors (Lipinski definition) is 2. The number of nitrogens with zero attached hydrogens (tertiary/aromatic N) is 4. The predicted molar refractivity (Wildman–Crippen MR) is 123 cm³/mol. The van der Waals surface area contributed by atoms with Gasteiger partial charge in [0.15, 0.2) is 11.9 Å². The molecule has 0 saturated heterocycles. The van der Waals surface area contributed by atoms with Crippen LogP contribution in [0, 0.1) is 21.6 Å². The van der Waals surface area contributed by atoms with Gasteiger partial charge in [-0.25, -0.2) is 0 Å². The molecule has 12 heteroatoms. The molecule has 0 bridgehead atoms. The van der Waals surface area contributed by atoms with Crippen LogP contribution in [0.25, 0.3) is 0 Å². The minimum atomic E-state index is -1.47. The zero-order valence-electron chi connectivity index (χ0n) is 18.7. The third kappa shape index (κ3) is 4.62. The summed E-state index contributed by atoms with van der Waals surface area (Å²) >= 11 is 6.35. The van der Waals surface area contributed by atoms with E-state index in [4.69, 9.17) is 36.8 Å². The minimum absolute atomic E-state index is 0.0290. The highest BCUT2D eigenvalue weighted by molar-refractivity contribution is 6.31. The van der Waals surface area contributed by atoms with Crippen molar-refractivity contribution in [2.75, 3.05) is 14.2 Å². The molecule has 0 aliphatic carbocycles. The maximum Gasteiger partial charge on any atom is 0.270 e. The third-order valence-corrected chi connectivity index (χ3v) is 6.10. The molecule has 0 unspecified atom stereocenters. The zero-order valence-corrected chi connectivity index (χ0v) is 19.5. The molecule has 2 aromatic rings. The van der Waals surface area contributed by atoms with E-state index in [1.54, 1.807) is 37.4 Å². The van der Waals surface area contributed by atoms with Crippen molar-refractivity contribution in [2.45, 2.75) is 37.5 Å². The van der Waals surface area contributed by atoms with Crippen molar-refractivity contribution in [3.63, 3.8) is 0 Å². The summed E-state index contributed by atoms with van der Waals surface area (Å²) in [6.07, 6.45) is -0.785. The summed E-state index contributed by atoms with van der Waals surface area (Å²) in [5, 5.41) is 32.7. The zero-order chi connectivity index (χ0) is 25.0. The fourth-order valence-corrected chi connectivity index (χ4v) is 4.29. The van der Waals surface area contributed by atoms with Gasteiger partial charge in [-0.05, 0) is 24.6 Å². The van der Waals surface area contributed by atoms with E-state index in [-0.39, 0.29) is 29.5 Å². The molecule has 34 heavy (non-hydrogen) atoms. The maximum atomic E-state index is 11.6. The Morgan fingerprint density at radius 3 is 2.68 bits per heavy atom. The number of non-ortho nitro benzene ring substituents is 1. The Labute approximate surface area is 201 Å². The Bertz CT molecular complexity index is 1140. The molecular weight excluding hydrogens is 466 g/mol. The SMILES string of the molecule is COC(OC)[C@@]1(C)Oc2ccc([N+](=O)[O-])cc2[C@@H](N(Cc2ccccc2Cl)C(N)=NC#N)[C@@H]1O. The quantitative estimate of drug-likeness (QED) is 0.149. The maximum absolute atomic E-state index is 11.6. The number of nitro benzene ring substituents is 1. The Hall–Kier alpha value is -3.43. The van der Waals surface area contributed by atoms with Crippen molar-refractivity contribution >= 4 is 23.2 Å². The van der Waals surface area contributed by atoms with Gasteiger partial charge in [0.1, 0.15) is 11.9 Å². The molecule has 11 nitrogen and oxygen atoms in total. The van der Waals surface area contributed by atoms with E-state index in [1.807, 2.05) is 0 Å². The lowest BCUT2D eigenvalue weighted by atomic mass is 9.83. The standard InChI is InChI=1S/C22H24ClN5O6/c1-22(20(32-2)33-3)19(29)18(15-10-14(28(30)31)8-9-17(15)34-22)27(21(25)26-12-24)11-13-6-4-5-7-16(13)23/h4-10,18-20,29H,11H2,1-3H3,(H2,25,26)/t18-,19+,22+/m1/s1. The van der Waals surface area contributed by atoms with Gasteiger partial charge >= 0.3 is 0 Å². The molecule has 0 fully saturated rings. The molecule has 0 spiro atoms. The van der Waals surface area contributed by atoms with Crippen molar-refractivity contribution < 1.29 is 24.2 Å². The van der Waals surface area contributed by atoms with Crippen LogP contribution in [0.5, 0.6) is 5.75 Å². The Morgan fingerprint density at radius 2 is 2.09 bits per heavy atom. The summed E-state index contributed by atoms with van der Waals surface area (Å²) in [5.74, 6) is 0.0241. The summed E-state index contributed by atoms with van der Waals surface area (Å²) in [6, 6.07) is 9.91. The lowest BCUT2D eigenvalue weighted by Crippen LogP contribution is -2.63. The van der Waals surface area contributed by atoms with Crippen LogP contribution in [0.3, 0.4) is 0 Å². The Morgan fingerprint density at radius 1 is 1.41 bits per heavy atom. The molecule has 0 aromatic heterocycles. The van der Waals surface area contributed by atoms with Crippen LogP contribution in [-0.2, 0) is 16.0 Å². The molecule has 1 aliphatic rings. The Kier molecular flexibility index (Phi) is 7.58. The summed E-state index contributed by atoms with van der Waals surface area (Å²) < 4.78 is 16.9. The smallest absolute Gasteiger partial charge is 0.270 e. The van der Waals surface area contributed by atoms with Crippen LogP contribution >= 0.6 is 11.6 Å². The number of ether oxygens (including phenoxy) is 3. The third-order valence-electron chi connectivity index (χ3n) is 5.73. The van der Waals surface area contributed by atoms with Crippen molar-refractivity contribution in [3.05, 3.63) is 68.7 Å². The lowest BCUT2D eigenvalue weighted by Gasteiger charge is -2.49. The van der Waals surface area contributed by atoms with Gasteiger partial charge in [0, 0.05) is 43.5 Å². The summed E-state index contributed by atoms with van der Waals surface area (Å²) in [4.78, 5) is 16.0. The van der Waals surface area contributed by atoms with E-state index in [9.17, 15) is 15.2 Å². The highest BCUT2D eigenvalue weighted by Crippen LogP contribution is 2.46. The van der Waals surface area contributed by atoms with Gasteiger partial charge in [-0.15, -0.1) is 4.99 Å². The molecule has 0 saturated carbocycles. The van der Waals surface area contributed by atoms with E-state index in [1.165, 1.54) is 37.3 Å². The van der Waals surface area contributed by atoms with Crippen molar-refractivity contribution in [1.29, 1.82) is 5.26 Å². The highest BCUT2D eigenvalue weighted by atomic mass is 35.5. The highest BCUT2D eigenvalue weighted by Gasteiger charge is 2.54. The number of nitro groups is 1. The number of rotatable bonds is 7. The van der Waals surface area contributed by atoms with Gasteiger partial charge in [0.25, 0.3) is 5.69 Å². The van der Waals surface area contributed by atoms with Crippen LogP contribution in [0.15, 0.2) is 47.5 Å². The Balaban J connectivity index is 2.25. The number of aliphatic hydroxyl groups excluding tert-OH is 1. The first-order valence-electron chi connectivity index (χ1n) is 10.1. The first-order chi connectivity index (χ1) is 16.2. The fraction of sp³-hybridized carbons (Fsp3) is 0.364. The van der Waals surface area contributed by atoms with Crippen molar-refractivity contribution in [2.24, 2.45) is 10.7 Å². The topological polar surface area (TPSA) is 156 Å². The molecular formula is C22H24ClN5O6. The largest absolute Gasteiger partial charge is 0.479 e. The van der Waals surface area contributed by atoms with Gasteiger partial charge in [-0.2, -0.15) is 5.26 Å². The average molecular weight is 490 g/mol. The summed E-state index contributed by atoms with van der Waals surface area (Å²) in [5.41, 5.74) is 5.38. The van der Waals surface area contributed by atoms with E-state index < -0.39 is 29.0 Å². The second-order valence-corrected chi connectivity index (χ2v) is 8.15.